The van der Waals surface area contributed by atoms with Crippen LogP contribution >= 0.6 is 0 Å². The van der Waals surface area contributed by atoms with Crippen LogP contribution in [0.5, 0.6) is 0 Å². The number of nitrogens with zero attached hydrogens (tertiary/aromatic N) is 1. The molecule has 0 bridgehead atoms. The highest BCUT2D eigenvalue weighted by Gasteiger charge is 1.90. The van der Waals surface area contributed by atoms with Crippen molar-refractivity contribution >= 4 is 0 Å². The summed E-state index contributed by atoms with van der Waals surface area (Å²) < 4.78 is 4.93. The quantitative estimate of drug-likeness (QED) is 0.609. The Hall–Kier alpha value is -0.970. The first-order valence-electron chi connectivity index (χ1n) is 5.23. The zero-order valence-electron chi connectivity index (χ0n) is 9.20. The van der Waals surface area contributed by atoms with Crippen LogP contribution in [0.2, 0.25) is 0 Å². The van der Waals surface area contributed by atoms with Crippen molar-refractivity contribution in [3.63, 3.8) is 0 Å². The molecule has 4 heteroatoms. The standard InChI is InChI=1S/C11H19N3O/c1-15-9-8-13-6-7-14-10-11-2-4-12-5-3-11/h2-5,13-14H,6-10H2,1H3. The van der Waals surface area contributed by atoms with E-state index >= 15 is 0 Å². The molecule has 1 aromatic rings. The maximum absolute atomic E-state index is 4.93. The Morgan fingerprint density at radius 2 is 1.87 bits per heavy atom. The van der Waals surface area contributed by atoms with E-state index in [9.17, 15) is 0 Å². The predicted octanol–water partition coefficient (Wildman–Crippen LogP) is 0.407. The van der Waals surface area contributed by atoms with Crippen LogP contribution in [0, 0.1) is 0 Å². The fourth-order valence-corrected chi connectivity index (χ4v) is 1.21. The number of hydrogen-bond acceptors (Lipinski definition) is 4. The minimum atomic E-state index is 0.768. The Labute approximate surface area is 91.1 Å². The van der Waals surface area contributed by atoms with Gasteiger partial charge in [-0.3, -0.25) is 4.98 Å². The molecule has 1 aromatic heterocycles. The molecule has 0 aliphatic rings. The summed E-state index contributed by atoms with van der Waals surface area (Å²) >= 11 is 0. The first kappa shape index (κ1) is 12.1. The molecular weight excluding hydrogens is 190 g/mol. The highest BCUT2D eigenvalue weighted by atomic mass is 16.5. The number of nitrogens with one attached hydrogen (secondary N) is 2. The number of pyridine rings is 1. The van der Waals surface area contributed by atoms with Gasteiger partial charge in [-0.2, -0.15) is 0 Å². The van der Waals surface area contributed by atoms with Crippen molar-refractivity contribution in [2.75, 3.05) is 33.4 Å². The molecule has 0 aliphatic carbocycles. The van der Waals surface area contributed by atoms with Gasteiger partial charge in [0, 0.05) is 45.7 Å². The highest BCUT2D eigenvalue weighted by Crippen LogP contribution is 1.93. The largest absolute Gasteiger partial charge is 0.383 e. The first-order valence-corrected chi connectivity index (χ1v) is 5.23. The van der Waals surface area contributed by atoms with Gasteiger partial charge in [-0.05, 0) is 17.7 Å². The number of aromatic nitrogens is 1. The Morgan fingerprint density at radius 3 is 2.60 bits per heavy atom. The molecule has 0 atom stereocenters. The van der Waals surface area contributed by atoms with Crippen LogP contribution in [0.25, 0.3) is 0 Å². The predicted molar refractivity (Wildman–Crippen MR) is 60.7 cm³/mol. The van der Waals surface area contributed by atoms with Crippen LogP contribution in [0.15, 0.2) is 24.5 Å². The van der Waals surface area contributed by atoms with E-state index in [1.54, 1.807) is 7.11 Å². The van der Waals surface area contributed by atoms with Crippen LogP contribution < -0.4 is 10.6 Å². The molecule has 0 radical (unpaired) electrons. The molecule has 15 heavy (non-hydrogen) atoms. The van der Waals surface area contributed by atoms with Crippen LogP contribution in [-0.4, -0.2) is 38.3 Å². The molecular formula is C11H19N3O. The molecule has 84 valence electrons. The molecule has 0 saturated heterocycles. The third kappa shape index (κ3) is 6.17. The second-order valence-corrected chi connectivity index (χ2v) is 3.28. The fourth-order valence-electron chi connectivity index (χ4n) is 1.21. The Bertz CT molecular complexity index is 241. The molecule has 4 nitrogen and oxygen atoms in total. The lowest BCUT2D eigenvalue weighted by molar-refractivity contribution is 0.199. The van der Waals surface area contributed by atoms with E-state index in [-0.39, 0.29) is 0 Å². The average Bonchev–Trinajstić information content (AvgIpc) is 2.29. The van der Waals surface area contributed by atoms with Gasteiger partial charge in [0.25, 0.3) is 0 Å². The third-order valence-electron chi connectivity index (χ3n) is 2.04. The Kier molecular flexibility index (Phi) is 6.73. The number of rotatable bonds is 8. The van der Waals surface area contributed by atoms with E-state index in [2.05, 4.69) is 15.6 Å². The van der Waals surface area contributed by atoms with Gasteiger partial charge < -0.3 is 15.4 Å². The fraction of sp³-hybridized carbons (Fsp3) is 0.545. The van der Waals surface area contributed by atoms with E-state index in [4.69, 9.17) is 4.74 Å². The lowest BCUT2D eigenvalue weighted by Crippen LogP contribution is -2.29. The van der Waals surface area contributed by atoms with Gasteiger partial charge in [0.05, 0.1) is 6.61 Å². The molecule has 0 fully saturated rings. The number of ether oxygens (including phenoxy) is 1. The van der Waals surface area contributed by atoms with Crippen molar-refractivity contribution in [3.8, 4) is 0 Å². The van der Waals surface area contributed by atoms with Gasteiger partial charge >= 0.3 is 0 Å². The molecule has 0 aromatic carbocycles. The van der Waals surface area contributed by atoms with Gasteiger partial charge in [0.2, 0.25) is 0 Å². The summed E-state index contributed by atoms with van der Waals surface area (Å²) in [5, 5.41) is 6.62. The van der Waals surface area contributed by atoms with E-state index < -0.39 is 0 Å². The molecule has 1 rings (SSSR count). The molecule has 0 unspecified atom stereocenters. The molecule has 1 heterocycles. The van der Waals surface area contributed by atoms with E-state index in [1.165, 1.54) is 5.56 Å². The zero-order valence-corrected chi connectivity index (χ0v) is 9.20. The summed E-state index contributed by atoms with van der Waals surface area (Å²) in [4.78, 5) is 3.97. The van der Waals surface area contributed by atoms with Crippen LogP contribution in [0.4, 0.5) is 0 Å². The summed E-state index contributed by atoms with van der Waals surface area (Å²) in [6, 6.07) is 4.04. The summed E-state index contributed by atoms with van der Waals surface area (Å²) in [5.74, 6) is 0. The highest BCUT2D eigenvalue weighted by molar-refractivity contribution is 5.08. The van der Waals surface area contributed by atoms with Crippen molar-refractivity contribution in [2.24, 2.45) is 0 Å². The van der Waals surface area contributed by atoms with E-state index in [1.807, 2.05) is 24.5 Å². The Morgan fingerprint density at radius 1 is 1.13 bits per heavy atom. The Balaban J connectivity index is 1.93. The molecule has 0 saturated carbocycles. The average molecular weight is 209 g/mol. The summed E-state index contributed by atoms with van der Waals surface area (Å²) in [5.41, 5.74) is 1.27. The summed E-state index contributed by atoms with van der Waals surface area (Å²) in [6.45, 7) is 4.51. The van der Waals surface area contributed by atoms with E-state index in [0.29, 0.717) is 0 Å². The molecule has 0 amide bonds. The maximum atomic E-state index is 4.93. The smallest absolute Gasteiger partial charge is 0.0587 e. The van der Waals surface area contributed by atoms with Gasteiger partial charge in [-0.15, -0.1) is 0 Å². The SMILES string of the molecule is COCCNCCNCc1ccncc1. The maximum Gasteiger partial charge on any atom is 0.0587 e. The van der Waals surface area contributed by atoms with Crippen molar-refractivity contribution in [3.05, 3.63) is 30.1 Å². The minimum absolute atomic E-state index is 0.768. The van der Waals surface area contributed by atoms with Gasteiger partial charge in [-0.1, -0.05) is 0 Å². The van der Waals surface area contributed by atoms with E-state index in [0.717, 1.165) is 32.8 Å². The first-order chi connectivity index (χ1) is 7.43. The summed E-state index contributed by atoms with van der Waals surface area (Å²) in [7, 11) is 1.71. The van der Waals surface area contributed by atoms with Crippen molar-refractivity contribution in [1.82, 2.24) is 15.6 Å². The second-order valence-electron chi connectivity index (χ2n) is 3.28. The van der Waals surface area contributed by atoms with Crippen LogP contribution in [0.1, 0.15) is 5.56 Å². The van der Waals surface area contributed by atoms with Crippen molar-refractivity contribution < 1.29 is 4.74 Å². The normalized spacial score (nSPS) is 10.5. The number of hydrogen-bond donors (Lipinski definition) is 2. The van der Waals surface area contributed by atoms with Gasteiger partial charge in [0.15, 0.2) is 0 Å². The van der Waals surface area contributed by atoms with Gasteiger partial charge in [0.1, 0.15) is 0 Å². The van der Waals surface area contributed by atoms with Crippen molar-refractivity contribution in [2.45, 2.75) is 6.54 Å². The minimum Gasteiger partial charge on any atom is -0.383 e. The second kappa shape index (κ2) is 8.35. The number of methoxy groups -OCH3 is 1. The molecule has 0 spiro atoms. The monoisotopic (exact) mass is 209 g/mol. The van der Waals surface area contributed by atoms with Crippen LogP contribution in [-0.2, 0) is 11.3 Å². The van der Waals surface area contributed by atoms with Crippen LogP contribution in [0.3, 0.4) is 0 Å². The molecule has 2 N–H and O–H groups in total. The summed E-state index contributed by atoms with van der Waals surface area (Å²) in [6.07, 6.45) is 3.63. The van der Waals surface area contributed by atoms with Crippen molar-refractivity contribution in [1.29, 1.82) is 0 Å². The van der Waals surface area contributed by atoms with Gasteiger partial charge in [-0.25, -0.2) is 0 Å². The lowest BCUT2D eigenvalue weighted by atomic mass is 10.3. The third-order valence-corrected chi connectivity index (χ3v) is 2.04. The lowest BCUT2D eigenvalue weighted by Gasteiger charge is -2.05. The molecule has 0 aliphatic heterocycles. The zero-order chi connectivity index (χ0) is 10.8. The topological polar surface area (TPSA) is 46.2 Å².